The molecule has 68 valence electrons. The molecule has 0 bridgehead atoms. The molecule has 0 atom stereocenters. The summed E-state index contributed by atoms with van der Waals surface area (Å²) in [4.78, 5) is 0. The molecule has 0 rings (SSSR count). The first-order valence-electron chi connectivity index (χ1n) is 3.88. The maximum atomic E-state index is 13.1. The largest absolute Gasteiger partial charge is 0.207 e. The summed E-state index contributed by atoms with van der Waals surface area (Å²) in [6.07, 6.45) is 2.86. The summed E-state index contributed by atoms with van der Waals surface area (Å²) in [5.74, 6) is -0.264. The summed E-state index contributed by atoms with van der Waals surface area (Å²) >= 11 is 5.82. The van der Waals surface area contributed by atoms with Crippen LogP contribution in [0.25, 0.3) is 0 Å². The van der Waals surface area contributed by atoms with Crippen molar-refractivity contribution < 1.29 is 4.39 Å². The van der Waals surface area contributed by atoms with Crippen molar-refractivity contribution in [1.82, 2.24) is 0 Å². The van der Waals surface area contributed by atoms with E-state index in [0.29, 0.717) is 10.6 Å². The van der Waals surface area contributed by atoms with Crippen LogP contribution in [0.5, 0.6) is 0 Å². The van der Waals surface area contributed by atoms with Crippen LogP contribution in [-0.4, -0.2) is 0 Å². The van der Waals surface area contributed by atoms with Gasteiger partial charge in [0.2, 0.25) is 0 Å². The minimum atomic E-state index is -0.340. The van der Waals surface area contributed by atoms with Crippen LogP contribution in [0.15, 0.2) is 35.2 Å². The van der Waals surface area contributed by atoms with Gasteiger partial charge in [-0.05, 0) is 18.9 Å². The topological polar surface area (TPSA) is 0 Å². The third-order valence-electron chi connectivity index (χ3n) is 1.52. The molecule has 0 aliphatic heterocycles. The van der Waals surface area contributed by atoms with Gasteiger partial charge in [0.1, 0.15) is 5.83 Å². The third-order valence-corrected chi connectivity index (χ3v) is 1.95. The fraction of sp³-hybridized carbons (Fsp3) is 0.400. The van der Waals surface area contributed by atoms with Crippen molar-refractivity contribution in [2.24, 2.45) is 5.92 Å². The quantitative estimate of drug-likeness (QED) is 0.583. The summed E-state index contributed by atoms with van der Waals surface area (Å²) in [6.45, 7) is 8.93. The van der Waals surface area contributed by atoms with Crippen LogP contribution in [0, 0.1) is 5.92 Å². The third kappa shape index (κ3) is 2.82. The highest BCUT2D eigenvalue weighted by Crippen LogP contribution is 2.27. The van der Waals surface area contributed by atoms with E-state index in [1.54, 1.807) is 13.0 Å². The van der Waals surface area contributed by atoms with Crippen LogP contribution < -0.4 is 0 Å². The highest BCUT2D eigenvalue weighted by Gasteiger charge is 2.11. The van der Waals surface area contributed by atoms with Crippen molar-refractivity contribution in [2.75, 3.05) is 0 Å². The average Bonchev–Trinajstić information content (AvgIpc) is 2.03. The molecule has 0 aliphatic carbocycles. The Morgan fingerprint density at radius 3 is 2.25 bits per heavy atom. The van der Waals surface area contributed by atoms with Crippen LogP contribution in [0.2, 0.25) is 0 Å². The second-order valence-electron chi connectivity index (χ2n) is 2.76. The zero-order valence-electron chi connectivity index (χ0n) is 7.70. The maximum absolute atomic E-state index is 13.1. The molecular weight excluding hydrogens is 175 g/mol. The van der Waals surface area contributed by atoms with Gasteiger partial charge in [-0.15, -0.1) is 0 Å². The molecule has 0 nitrogen and oxygen atoms in total. The van der Waals surface area contributed by atoms with Gasteiger partial charge in [-0.2, -0.15) is 0 Å². The molecule has 0 amide bonds. The van der Waals surface area contributed by atoms with E-state index in [4.69, 9.17) is 11.6 Å². The van der Waals surface area contributed by atoms with E-state index in [1.165, 1.54) is 6.08 Å². The molecule has 0 fully saturated rings. The lowest BCUT2D eigenvalue weighted by Crippen LogP contribution is -1.96. The van der Waals surface area contributed by atoms with Crippen LogP contribution in [0.4, 0.5) is 4.39 Å². The zero-order valence-corrected chi connectivity index (χ0v) is 8.45. The van der Waals surface area contributed by atoms with Crippen LogP contribution in [-0.2, 0) is 0 Å². The predicted molar refractivity (Wildman–Crippen MR) is 52.8 cm³/mol. The molecule has 2 heteroatoms. The monoisotopic (exact) mass is 188 g/mol. The normalized spacial score (nSPS) is 14.7. The fourth-order valence-corrected chi connectivity index (χ4v) is 1.24. The van der Waals surface area contributed by atoms with Crippen LogP contribution in [0.1, 0.15) is 20.8 Å². The summed E-state index contributed by atoms with van der Waals surface area (Å²) in [7, 11) is 0. The van der Waals surface area contributed by atoms with E-state index >= 15 is 0 Å². The first kappa shape index (κ1) is 11.4. The van der Waals surface area contributed by atoms with Crippen molar-refractivity contribution in [1.29, 1.82) is 0 Å². The minimum absolute atomic E-state index is 0.0756. The van der Waals surface area contributed by atoms with Gasteiger partial charge in [-0.1, -0.05) is 38.1 Å². The summed E-state index contributed by atoms with van der Waals surface area (Å²) < 4.78 is 13.1. The average molecular weight is 189 g/mol. The van der Waals surface area contributed by atoms with E-state index in [1.807, 2.05) is 13.8 Å². The molecule has 0 N–H and O–H groups in total. The summed E-state index contributed by atoms with van der Waals surface area (Å²) in [5.41, 5.74) is 0.522. The fourth-order valence-electron chi connectivity index (χ4n) is 0.931. The molecule has 12 heavy (non-hydrogen) atoms. The Hall–Kier alpha value is -0.560. The number of allylic oxidation sites excluding steroid dienone is 5. The zero-order chi connectivity index (χ0) is 9.72. The highest BCUT2D eigenvalue weighted by molar-refractivity contribution is 6.32. The predicted octanol–water partition coefficient (Wildman–Crippen LogP) is 4.19. The Balaban J connectivity index is 5.05. The lowest BCUT2D eigenvalue weighted by atomic mass is 10.0. The second-order valence-corrected chi connectivity index (χ2v) is 3.16. The van der Waals surface area contributed by atoms with Gasteiger partial charge in [0.05, 0.1) is 0 Å². The van der Waals surface area contributed by atoms with Crippen molar-refractivity contribution in [2.45, 2.75) is 20.8 Å². The summed E-state index contributed by atoms with van der Waals surface area (Å²) in [6, 6.07) is 0. The van der Waals surface area contributed by atoms with Gasteiger partial charge in [0.25, 0.3) is 0 Å². The van der Waals surface area contributed by atoms with E-state index < -0.39 is 0 Å². The summed E-state index contributed by atoms with van der Waals surface area (Å²) in [5, 5.41) is 0.461. The second kappa shape index (κ2) is 5.15. The molecule has 0 aromatic carbocycles. The molecule has 0 saturated heterocycles. The van der Waals surface area contributed by atoms with Gasteiger partial charge in [0, 0.05) is 10.6 Å². The molecule has 0 unspecified atom stereocenters. The van der Waals surface area contributed by atoms with Gasteiger partial charge in [-0.3, -0.25) is 0 Å². The molecule has 0 aromatic heterocycles. The van der Waals surface area contributed by atoms with Crippen molar-refractivity contribution in [3.63, 3.8) is 0 Å². The molecule has 0 spiro atoms. The SMILES string of the molecule is C=C/C(F)=C(\C(Cl)=C/C)C(C)C. The van der Waals surface area contributed by atoms with Gasteiger partial charge < -0.3 is 0 Å². The van der Waals surface area contributed by atoms with Crippen LogP contribution in [0.3, 0.4) is 0 Å². The van der Waals surface area contributed by atoms with E-state index in [0.717, 1.165) is 0 Å². The Morgan fingerprint density at radius 1 is 1.50 bits per heavy atom. The lowest BCUT2D eigenvalue weighted by molar-refractivity contribution is 0.627. The molecule has 0 saturated carbocycles. The maximum Gasteiger partial charge on any atom is 0.127 e. The van der Waals surface area contributed by atoms with Gasteiger partial charge in [-0.25, -0.2) is 4.39 Å². The molecule has 0 aromatic rings. The minimum Gasteiger partial charge on any atom is -0.207 e. The standard InChI is InChI=1S/C10H14ClF/c1-5-8(11)10(7(3)4)9(12)6-2/h5-7H,2H2,1,3-4H3/b8-5+,10-9+. The first-order chi connectivity index (χ1) is 5.54. The van der Waals surface area contributed by atoms with Gasteiger partial charge in [0.15, 0.2) is 0 Å². The van der Waals surface area contributed by atoms with Gasteiger partial charge >= 0.3 is 0 Å². The number of hydrogen-bond acceptors (Lipinski definition) is 0. The van der Waals surface area contributed by atoms with Crippen molar-refractivity contribution in [3.8, 4) is 0 Å². The molecule has 0 heterocycles. The Labute approximate surface area is 78.4 Å². The van der Waals surface area contributed by atoms with Crippen molar-refractivity contribution >= 4 is 11.6 Å². The molecule has 0 aliphatic rings. The van der Waals surface area contributed by atoms with E-state index in [9.17, 15) is 4.39 Å². The number of halogens is 2. The Morgan fingerprint density at radius 2 is 2.00 bits per heavy atom. The van der Waals surface area contributed by atoms with Crippen LogP contribution >= 0.6 is 11.6 Å². The molecular formula is C10H14ClF. The first-order valence-corrected chi connectivity index (χ1v) is 4.26. The number of hydrogen-bond donors (Lipinski definition) is 0. The highest BCUT2D eigenvalue weighted by atomic mass is 35.5. The van der Waals surface area contributed by atoms with E-state index in [2.05, 4.69) is 6.58 Å². The molecule has 0 radical (unpaired) electrons. The lowest BCUT2D eigenvalue weighted by Gasteiger charge is -2.10. The van der Waals surface area contributed by atoms with E-state index in [-0.39, 0.29) is 11.7 Å². The Kier molecular flexibility index (Phi) is 4.91. The van der Waals surface area contributed by atoms with Crippen molar-refractivity contribution in [3.05, 3.63) is 35.2 Å². The Bertz CT molecular complexity index is 224. The smallest absolute Gasteiger partial charge is 0.127 e. The number of rotatable bonds is 3.